The van der Waals surface area contributed by atoms with Crippen LogP contribution in [0.4, 0.5) is 0 Å². The maximum Gasteiger partial charge on any atom is 0.169 e. The minimum Gasteiger partial charge on any atom is -0.360 e. The molecule has 2 aliphatic heterocycles. The monoisotopic (exact) mass is 387 g/mol. The van der Waals surface area contributed by atoms with E-state index < -0.39 is 0 Å². The summed E-state index contributed by atoms with van der Waals surface area (Å²) in [6, 6.07) is 11.5. The number of benzene rings is 1. The Balaban J connectivity index is 1.34. The minimum absolute atomic E-state index is 0.596. The first-order valence-electron chi connectivity index (χ1n) is 11.0. The summed E-state index contributed by atoms with van der Waals surface area (Å²) in [6.45, 7) is 10.6. The Hall–Kier alpha value is -1.13. The van der Waals surface area contributed by atoms with Gasteiger partial charge >= 0.3 is 0 Å². The molecule has 2 heterocycles. The molecule has 4 heteroatoms. The van der Waals surface area contributed by atoms with E-state index in [1.165, 1.54) is 63.7 Å². The number of likely N-dealkylation sites (tertiary alicyclic amines) is 1. The molecule has 0 radical (unpaired) electrons. The molecule has 0 bridgehead atoms. The second kappa shape index (κ2) is 10.4. The molecule has 1 N–H and O–H groups in total. The Morgan fingerprint density at radius 3 is 2.59 bits per heavy atom. The van der Waals surface area contributed by atoms with E-state index in [0.717, 1.165) is 24.1 Å². The predicted octanol–water partition coefficient (Wildman–Crippen LogP) is 4.33. The molecule has 0 saturated carbocycles. The van der Waals surface area contributed by atoms with Gasteiger partial charge in [-0.2, -0.15) is 0 Å². The quantitative estimate of drug-likeness (QED) is 0.502. The second-order valence-electron chi connectivity index (χ2n) is 8.52. The molecular weight excluding hydrogens is 350 g/mol. The van der Waals surface area contributed by atoms with Gasteiger partial charge in [0.2, 0.25) is 0 Å². The van der Waals surface area contributed by atoms with Gasteiger partial charge < -0.3 is 15.1 Å². The Morgan fingerprint density at radius 2 is 1.89 bits per heavy atom. The van der Waals surface area contributed by atoms with E-state index in [2.05, 4.69) is 59.3 Å². The molecule has 0 aromatic heterocycles. The van der Waals surface area contributed by atoms with Crippen LogP contribution in [-0.4, -0.2) is 53.7 Å². The van der Waals surface area contributed by atoms with Crippen LogP contribution in [0.2, 0.25) is 0 Å². The highest BCUT2D eigenvalue weighted by Crippen LogP contribution is 2.25. The topological polar surface area (TPSA) is 18.5 Å². The first kappa shape index (κ1) is 20.6. The Bertz CT molecular complexity index is 568. The zero-order valence-corrected chi connectivity index (χ0v) is 18.0. The summed E-state index contributed by atoms with van der Waals surface area (Å²) in [5.74, 6) is 1.51. The third-order valence-corrected chi connectivity index (χ3v) is 7.00. The summed E-state index contributed by atoms with van der Waals surface area (Å²) in [4.78, 5) is 5.18. The van der Waals surface area contributed by atoms with E-state index in [-0.39, 0.29) is 0 Å². The van der Waals surface area contributed by atoms with Crippen LogP contribution < -0.4 is 5.32 Å². The lowest BCUT2D eigenvalue weighted by Gasteiger charge is -2.37. The van der Waals surface area contributed by atoms with Gasteiger partial charge in [0, 0.05) is 13.1 Å². The van der Waals surface area contributed by atoms with Crippen molar-refractivity contribution in [2.75, 3.05) is 32.7 Å². The summed E-state index contributed by atoms with van der Waals surface area (Å²) in [5.41, 5.74) is 1.47. The zero-order chi connectivity index (χ0) is 19.1. The van der Waals surface area contributed by atoms with E-state index in [1.807, 2.05) is 0 Å². The van der Waals surface area contributed by atoms with Gasteiger partial charge in [-0.3, -0.25) is 0 Å². The van der Waals surface area contributed by atoms with E-state index in [1.54, 1.807) is 0 Å². The summed E-state index contributed by atoms with van der Waals surface area (Å²) in [5, 5.41) is 4.42. The highest BCUT2D eigenvalue weighted by molar-refractivity contribution is 7.80. The molecule has 0 aliphatic carbocycles. The van der Waals surface area contributed by atoms with Crippen molar-refractivity contribution in [2.45, 2.75) is 58.4 Å². The molecule has 2 atom stereocenters. The molecule has 0 amide bonds. The summed E-state index contributed by atoms with van der Waals surface area (Å²) in [6.07, 6.45) is 7.71. The lowest BCUT2D eigenvalue weighted by molar-refractivity contribution is 0.149. The van der Waals surface area contributed by atoms with Crippen LogP contribution in [0.15, 0.2) is 30.3 Å². The summed E-state index contributed by atoms with van der Waals surface area (Å²) >= 11 is 5.59. The molecule has 1 aromatic rings. The largest absolute Gasteiger partial charge is 0.360 e. The average molecular weight is 388 g/mol. The fraction of sp³-hybridized carbons (Fsp3) is 0.696. The highest BCUT2D eigenvalue weighted by atomic mass is 32.1. The van der Waals surface area contributed by atoms with Crippen molar-refractivity contribution in [3.05, 3.63) is 35.9 Å². The summed E-state index contributed by atoms with van der Waals surface area (Å²) in [7, 11) is 0. The maximum absolute atomic E-state index is 5.59. The minimum atomic E-state index is 0.596. The average Bonchev–Trinajstić information content (AvgIpc) is 3.07. The van der Waals surface area contributed by atoms with E-state index in [0.29, 0.717) is 12.0 Å². The van der Waals surface area contributed by atoms with Crippen molar-refractivity contribution in [2.24, 2.45) is 11.8 Å². The van der Waals surface area contributed by atoms with Crippen LogP contribution in [0.3, 0.4) is 0 Å². The standard InChI is InChI=1S/C23H37N3S/c1-3-19(2)22-17-24-23(27)26(22)18-21-12-15-25(16-13-21)14-8-7-11-20-9-5-4-6-10-20/h4-6,9-10,19,21-22H,3,7-8,11-18H2,1-2H3,(H,24,27)/t19-,22+/m0/s1. The number of nitrogens with zero attached hydrogens (tertiary/aromatic N) is 2. The van der Waals surface area contributed by atoms with E-state index >= 15 is 0 Å². The van der Waals surface area contributed by atoms with Gasteiger partial charge in [-0.15, -0.1) is 0 Å². The van der Waals surface area contributed by atoms with Gasteiger partial charge in [0.05, 0.1) is 6.04 Å². The second-order valence-corrected chi connectivity index (χ2v) is 8.91. The predicted molar refractivity (Wildman–Crippen MR) is 119 cm³/mol. The fourth-order valence-corrected chi connectivity index (χ4v) is 4.83. The SMILES string of the molecule is CC[C@H](C)[C@H]1CNC(=S)N1CC1CCN(CCCCc2ccccc2)CC1. The van der Waals surface area contributed by atoms with E-state index in [9.17, 15) is 0 Å². The summed E-state index contributed by atoms with van der Waals surface area (Å²) < 4.78 is 0. The van der Waals surface area contributed by atoms with Crippen molar-refractivity contribution in [3.63, 3.8) is 0 Å². The molecule has 0 unspecified atom stereocenters. The Kier molecular flexibility index (Phi) is 7.95. The number of rotatable bonds is 9. The van der Waals surface area contributed by atoms with Crippen LogP contribution in [0, 0.1) is 11.8 Å². The number of nitrogens with one attached hydrogen (secondary N) is 1. The van der Waals surface area contributed by atoms with Gasteiger partial charge in [0.1, 0.15) is 0 Å². The Morgan fingerprint density at radius 1 is 1.15 bits per heavy atom. The molecule has 150 valence electrons. The van der Waals surface area contributed by atoms with Crippen LogP contribution in [-0.2, 0) is 6.42 Å². The number of thiocarbonyl (C=S) groups is 1. The third kappa shape index (κ3) is 5.92. The smallest absolute Gasteiger partial charge is 0.169 e. The lowest BCUT2D eigenvalue weighted by atomic mass is 9.93. The number of piperidine rings is 1. The van der Waals surface area contributed by atoms with Crippen molar-refractivity contribution in [1.82, 2.24) is 15.1 Å². The molecule has 2 saturated heterocycles. The van der Waals surface area contributed by atoms with Gasteiger partial charge in [0.15, 0.2) is 5.11 Å². The van der Waals surface area contributed by atoms with Crippen molar-refractivity contribution in [3.8, 4) is 0 Å². The van der Waals surface area contributed by atoms with Crippen LogP contribution in [0.5, 0.6) is 0 Å². The number of hydrogen-bond donors (Lipinski definition) is 1. The van der Waals surface area contributed by atoms with Gasteiger partial charge in [-0.1, -0.05) is 50.6 Å². The molecule has 3 nitrogen and oxygen atoms in total. The Labute approximate surface area is 171 Å². The van der Waals surface area contributed by atoms with Crippen molar-refractivity contribution in [1.29, 1.82) is 0 Å². The number of hydrogen-bond acceptors (Lipinski definition) is 2. The van der Waals surface area contributed by atoms with Crippen LogP contribution in [0.1, 0.15) is 51.5 Å². The van der Waals surface area contributed by atoms with Crippen molar-refractivity contribution >= 4 is 17.3 Å². The van der Waals surface area contributed by atoms with Crippen LogP contribution in [0.25, 0.3) is 0 Å². The van der Waals surface area contributed by atoms with Gasteiger partial charge in [-0.25, -0.2) is 0 Å². The van der Waals surface area contributed by atoms with Gasteiger partial charge in [-0.05, 0) is 81.4 Å². The number of aryl methyl sites for hydroxylation is 1. The highest BCUT2D eigenvalue weighted by Gasteiger charge is 2.33. The first-order chi connectivity index (χ1) is 13.2. The number of unbranched alkanes of at least 4 members (excludes halogenated alkanes) is 1. The van der Waals surface area contributed by atoms with Crippen molar-refractivity contribution < 1.29 is 0 Å². The molecule has 0 spiro atoms. The molecule has 3 rings (SSSR count). The first-order valence-corrected chi connectivity index (χ1v) is 11.4. The van der Waals surface area contributed by atoms with Crippen LogP contribution >= 0.6 is 12.2 Å². The lowest BCUT2D eigenvalue weighted by Crippen LogP contribution is -2.44. The maximum atomic E-state index is 5.59. The molecule has 1 aromatic carbocycles. The molecular formula is C23H37N3S. The molecule has 27 heavy (non-hydrogen) atoms. The third-order valence-electron chi connectivity index (χ3n) is 6.62. The fourth-order valence-electron chi connectivity index (χ4n) is 4.53. The molecule has 2 fully saturated rings. The molecule has 2 aliphatic rings. The zero-order valence-electron chi connectivity index (χ0n) is 17.2. The normalized spacial score (nSPS) is 22.8. The van der Waals surface area contributed by atoms with E-state index in [4.69, 9.17) is 12.2 Å². The van der Waals surface area contributed by atoms with Gasteiger partial charge in [0.25, 0.3) is 0 Å².